The van der Waals surface area contributed by atoms with Gasteiger partial charge < -0.3 is 23.4 Å². The van der Waals surface area contributed by atoms with Crippen LogP contribution < -0.4 is 18.6 Å². The molecule has 3 aromatic carbocycles. The van der Waals surface area contributed by atoms with E-state index in [4.69, 9.17) is 23.4 Å². The fourth-order valence-corrected chi connectivity index (χ4v) is 6.14. The summed E-state index contributed by atoms with van der Waals surface area (Å²) in [7, 11) is -0.766. The molecule has 3 aromatic rings. The van der Waals surface area contributed by atoms with E-state index in [1.165, 1.54) is 13.2 Å². The fourth-order valence-electron chi connectivity index (χ4n) is 5.11. The van der Waals surface area contributed by atoms with Crippen LogP contribution in [0.15, 0.2) is 48.5 Å². The van der Waals surface area contributed by atoms with Gasteiger partial charge in [-0.1, -0.05) is 26.8 Å². The highest BCUT2D eigenvalue weighted by molar-refractivity contribution is 6.74. The number of carbonyl (C=O) groups is 1. The van der Waals surface area contributed by atoms with Gasteiger partial charge in [-0.3, -0.25) is 4.79 Å². The van der Waals surface area contributed by atoms with Crippen molar-refractivity contribution in [1.82, 2.24) is 0 Å². The van der Waals surface area contributed by atoms with Crippen molar-refractivity contribution in [2.75, 3.05) is 13.7 Å². The number of nitriles is 1. The van der Waals surface area contributed by atoms with Crippen molar-refractivity contribution < 1.29 is 32.6 Å². The maximum absolute atomic E-state index is 15.2. The number of ether oxygens (including phenoxy) is 4. The first-order valence-electron chi connectivity index (χ1n) is 14.1. The predicted octanol–water partition coefficient (Wildman–Crippen LogP) is 7.98. The number of nitrogens with zero attached hydrogens (tertiary/aromatic N) is 1. The van der Waals surface area contributed by atoms with Gasteiger partial charge in [0.05, 0.1) is 25.7 Å². The molecule has 7 nitrogen and oxygen atoms in total. The molecule has 0 N–H and O–H groups in total. The third-order valence-corrected chi connectivity index (χ3v) is 12.8. The Kier molecular flexibility index (Phi) is 7.95. The summed E-state index contributed by atoms with van der Waals surface area (Å²) in [6, 6.07) is 16.0. The van der Waals surface area contributed by atoms with Gasteiger partial charge in [-0.25, -0.2) is 4.39 Å². The van der Waals surface area contributed by atoms with Gasteiger partial charge >= 0.3 is 5.97 Å². The zero-order chi connectivity index (χ0) is 30.2. The first-order chi connectivity index (χ1) is 19.9. The Morgan fingerprint density at radius 1 is 1.10 bits per heavy atom. The molecular formula is C33H36FNO6Si. The number of halogens is 1. The lowest BCUT2D eigenvalue weighted by Gasteiger charge is -2.36. The molecule has 0 bridgehead atoms. The summed E-state index contributed by atoms with van der Waals surface area (Å²) in [5.41, 5.74) is 2.54. The van der Waals surface area contributed by atoms with E-state index in [9.17, 15) is 10.1 Å². The quantitative estimate of drug-likeness (QED) is 0.194. The van der Waals surface area contributed by atoms with E-state index >= 15 is 4.39 Å². The van der Waals surface area contributed by atoms with Crippen molar-refractivity contribution in [2.45, 2.75) is 70.2 Å². The Bertz CT molecular complexity index is 1560. The van der Waals surface area contributed by atoms with Gasteiger partial charge in [0.15, 0.2) is 0 Å². The number of hydrogen-bond donors (Lipinski definition) is 0. The molecule has 220 valence electrons. The van der Waals surface area contributed by atoms with Crippen LogP contribution in [0.1, 0.15) is 67.9 Å². The summed E-state index contributed by atoms with van der Waals surface area (Å²) >= 11 is 0. The molecule has 2 atom stereocenters. The van der Waals surface area contributed by atoms with Gasteiger partial charge in [0.25, 0.3) is 8.32 Å². The highest BCUT2D eigenvalue weighted by Gasteiger charge is 2.39. The Morgan fingerprint density at radius 2 is 1.83 bits per heavy atom. The molecule has 9 heteroatoms. The molecule has 0 saturated heterocycles. The molecule has 0 aromatic heterocycles. The van der Waals surface area contributed by atoms with E-state index in [-0.39, 0.29) is 29.2 Å². The fraction of sp³-hybridized carbons (Fsp3) is 0.394. The molecule has 0 saturated carbocycles. The molecule has 5 rings (SSSR count). The first kappa shape index (κ1) is 29.5. The van der Waals surface area contributed by atoms with Crippen LogP contribution in [0.2, 0.25) is 18.1 Å². The molecule has 0 radical (unpaired) electrons. The summed E-state index contributed by atoms with van der Waals surface area (Å²) in [5, 5.41) is 9.82. The van der Waals surface area contributed by atoms with Crippen LogP contribution in [-0.2, 0) is 16.0 Å². The lowest BCUT2D eigenvalue weighted by molar-refractivity contribution is -0.141. The summed E-state index contributed by atoms with van der Waals surface area (Å²) in [4.78, 5) is 11.7. The SMILES string of the molecule is COC(=O)C[C@@H]1COc2cc(O[C@@H]3CCc4c(Oc5ccc(O[Si](C)(C)C(C)(C)C)c(C#N)c5)ccc(F)c43)ccc21. The zero-order valence-electron chi connectivity index (χ0n) is 24.9. The Balaban J connectivity index is 1.34. The Labute approximate surface area is 247 Å². The number of benzene rings is 3. The zero-order valence-corrected chi connectivity index (χ0v) is 25.9. The molecule has 2 aliphatic rings. The van der Waals surface area contributed by atoms with E-state index < -0.39 is 14.4 Å². The third kappa shape index (κ3) is 5.81. The van der Waals surface area contributed by atoms with E-state index in [0.717, 1.165) is 11.1 Å². The number of carbonyl (C=O) groups excluding carboxylic acids is 1. The first-order valence-corrected chi connectivity index (χ1v) is 17.0. The number of hydrogen-bond acceptors (Lipinski definition) is 7. The molecule has 0 fully saturated rings. The maximum Gasteiger partial charge on any atom is 0.306 e. The Morgan fingerprint density at radius 3 is 2.55 bits per heavy atom. The molecule has 1 heterocycles. The molecule has 0 amide bonds. The highest BCUT2D eigenvalue weighted by Crippen LogP contribution is 2.45. The van der Waals surface area contributed by atoms with Crippen molar-refractivity contribution in [1.29, 1.82) is 5.26 Å². The minimum absolute atomic E-state index is 0.0120. The molecule has 42 heavy (non-hydrogen) atoms. The molecular weight excluding hydrogens is 553 g/mol. The summed E-state index contributed by atoms with van der Waals surface area (Å²) in [6.07, 6.45) is 0.908. The summed E-state index contributed by atoms with van der Waals surface area (Å²) in [5.74, 6) is 2.06. The van der Waals surface area contributed by atoms with Gasteiger partial charge in [-0.2, -0.15) is 5.26 Å². The van der Waals surface area contributed by atoms with Gasteiger partial charge in [-0.05, 0) is 61.3 Å². The Hall–Kier alpha value is -4.03. The van der Waals surface area contributed by atoms with Crippen LogP contribution in [0.3, 0.4) is 0 Å². The largest absolute Gasteiger partial charge is 0.543 e. The van der Waals surface area contributed by atoms with E-state index in [2.05, 4.69) is 39.9 Å². The molecule has 0 unspecified atom stereocenters. The van der Waals surface area contributed by atoms with Crippen molar-refractivity contribution in [3.05, 3.63) is 76.6 Å². The second-order valence-corrected chi connectivity index (χ2v) is 17.0. The standard InChI is InChI=1S/C33H36FNO6Si/c1-33(2,3)42(5,6)41-27-12-8-22(15-20(27)18-35)39-28-14-11-26(34)32-25(28)10-13-29(32)40-23-7-9-24-21(16-31(36)37-4)19-38-30(24)17-23/h7-9,11-12,14-15,17,21,29H,10,13,16,19H2,1-6H3/t21-,29-/m1/s1. The second-order valence-electron chi connectivity index (χ2n) is 12.3. The lowest BCUT2D eigenvalue weighted by atomic mass is 9.98. The molecule has 1 aliphatic carbocycles. The van der Waals surface area contributed by atoms with Crippen LogP contribution in [0.25, 0.3) is 0 Å². The predicted molar refractivity (Wildman–Crippen MR) is 158 cm³/mol. The van der Waals surface area contributed by atoms with Gasteiger partial charge in [0.1, 0.15) is 46.7 Å². The van der Waals surface area contributed by atoms with Crippen molar-refractivity contribution in [2.24, 2.45) is 0 Å². The van der Waals surface area contributed by atoms with Crippen LogP contribution >= 0.6 is 0 Å². The smallest absolute Gasteiger partial charge is 0.306 e. The third-order valence-electron chi connectivity index (χ3n) is 8.49. The number of fused-ring (bicyclic) bond motifs is 2. The van der Waals surface area contributed by atoms with Crippen LogP contribution in [0, 0.1) is 17.1 Å². The van der Waals surface area contributed by atoms with E-state index in [1.807, 2.05) is 12.1 Å². The number of methoxy groups -OCH3 is 1. The summed E-state index contributed by atoms with van der Waals surface area (Å²) < 4.78 is 44.6. The highest BCUT2D eigenvalue weighted by atomic mass is 28.4. The van der Waals surface area contributed by atoms with E-state index in [0.29, 0.717) is 59.3 Å². The second kappa shape index (κ2) is 11.3. The van der Waals surface area contributed by atoms with Crippen molar-refractivity contribution >= 4 is 14.3 Å². The molecule has 0 spiro atoms. The summed E-state index contributed by atoms with van der Waals surface area (Å²) in [6.45, 7) is 11.1. The van der Waals surface area contributed by atoms with Crippen LogP contribution in [0.5, 0.6) is 28.7 Å². The van der Waals surface area contributed by atoms with Crippen molar-refractivity contribution in [3.8, 4) is 34.8 Å². The van der Waals surface area contributed by atoms with Gasteiger partial charge in [0, 0.05) is 34.7 Å². The van der Waals surface area contributed by atoms with Crippen LogP contribution in [0.4, 0.5) is 4.39 Å². The lowest BCUT2D eigenvalue weighted by Crippen LogP contribution is -2.44. The van der Waals surface area contributed by atoms with Crippen LogP contribution in [-0.4, -0.2) is 28.0 Å². The minimum Gasteiger partial charge on any atom is -0.543 e. The van der Waals surface area contributed by atoms with Gasteiger partial charge in [0.2, 0.25) is 0 Å². The van der Waals surface area contributed by atoms with Crippen molar-refractivity contribution in [3.63, 3.8) is 0 Å². The average Bonchev–Trinajstić information content (AvgIpc) is 3.55. The number of esters is 1. The minimum atomic E-state index is -2.14. The van der Waals surface area contributed by atoms with Gasteiger partial charge in [-0.15, -0.1) is 0 Å². The number of rotatable bonds is 8. The normalized spacial score (nSPS) is 17.5. The monoisotopic (exact) mass is 589 g/mol. The average molecular weight is 590 g/mol. The molecule has 1 aliphatic heterocycles. The maximum atomic E-state index is 15.2. The van der Waals surface area contributed by atoms with E-state index in [1.54, 1.807) is 30.3 Å². The topological polar surface area (TPSA) is 87.0 Å².